The zero-order valence-electron chi connectivity index (χ0n) is 7.88. The van der Waals surface area contributed by atoms with Crippen LogP contribution in [0.2, 0.25) is 0 Å². The average molecular weight is 209 g/mol. The molecule has 0 aliphatic carbocycles. The van der Waals surface area contributed by atoms with Crippen LogP contribution in [0.1, 0.15) is 26.7 Å². The molecule has 0 aliphatic heterocycles. The molecule has 0 rings (SSSR count). The van der Waals surface area contributed by atoms with Gasteiger partial charge >= 0.3 is 0 Å². The lowest BCUT2D eigenvalue weighted by Crippen LogP contribution is -2.31. The van der Waals surface area contributed by atoms with Crippen molar-refractivity contribution in [2.75, 3.05) is 18.1 Å². The highest BCUT2D eigenvalue weighted by atomic mass is 33.1. The predicted octanol–water partition coefficient (Wildman–Crippen LogP) is 2.10. The van der Waals surface area contributed by atoms with Crippen LogP contribution in [0, 0.1) is 0 Å². The SMILES string of the molecule is CCCCNC(O)CSSCC. The Morgan fingerprint density at radius 3 is 2.67 bits per heavy atom. The number of hydrogen-bond donors (Lipinski definition) is 2. The lowest BCUT2D eigenvalue weighted by molar-refractivity contribution is 0.161. The van der Waals surface area contributed by atoms with Gasteiger partial charge in [-0.15, -0.1) is 0 Å². The van der Waals surface area contributed by atoms with Crippen LogP contribution < -0.4 is 5.32 Å². The molecular formula is C8H19NOS2. The molecule has 1 unspecified atom stereocenters. The maximum absolute atomic E-state index is 9.36. The summed E-state index contributed by atoms with van der Waals surface area (Å²) in [5.74, 6) is 1.88. The number of hydrogen-bond acceptors (Lipinski definition) is 4. The molecule has 0 amide bonds. The van der Waals surface area contributed by atoms with Crippen molar-refractivity contribution in [2.45, 2.75) is 32.9 Å². The van der Waals surface area contributed by atoms with E-state index in [9.17, 15) is 5.11 Å². The minimum Gasteiger partial charge on any atom is -0.378 e. The molecule has 2 nitrogen and oxygen atoms in total. The van der Waals surface area contributed by atoms with E-state index in [0.29, 0.717) is 0 Å². The molecule has 0 spiro atoms. The molecule has 12 heavy (non-hydrogen) atoms. The number of nitrogens with one attached hydrogen (secondary N) is 1. The molecule has 1 atom stereocenters. The Labute approximate surface area is 83.3 Å². The molecule has 0 saturated heterocycles. The van der Waals surface area contributed by atoms with Gasteiger partial charge in [0.15, 0.2) is 0 Å². The fourth-order valence-electron chi connectivity index (χ4n) is 0.700. The van der Waals surface area contributed by atoms with Gasteiger partial charge < -0.3 is 5.11 Å². The van der Waals surface area contributed by atoms with Gasteiger partial charge in [0.1, 0.15) is 6.23 Å². The Bertz CT molecular complexity index is 83.1. The highest BCUT2D eigenvalue weighted by Crippen LogP contribution is 2.20. The van der Waals surface area contributed by atoms with Gasteiger partial charge in [0.05, 0.1) is 0 Å². The summed E-state index contributed by atoms with van der Waals surface area (Å²) >= 11 is 0. The summed E-state index contributed by atoms with van der Waals surface area (Å²) in [5, 5.41) is 12.4. The molecule has 0 aromatic rings. The monoisotopic (exact) mass is 209 g/mol. The molecular weight excluding hydrogens is 190 g/mol. The normalized spacial score (nSPS) is 13.2. The predicted molar refractivity (Wildman–Crippen MR) is 59.5 cm³/mol. The highest BCUT2D eigenvalue weighted by Gasteiger charge is 2.01. The third-order valence-corrected chi connectivity index (χ3v) is 3.81. The van der Waals surface area contributed by atoms with Crippen LogP contribution in [0.25, 0.3) is 0 Å². The highest BCUT2D eigenvalue weighted by molar-refractivity contribution is 8.76. The molecule has 2 N–H and O–H groups in total. The van der Waals surface area contributed by atoms with Crippen molar-refractivity contribution in [1.82, 2.24) is 5.32 Å². The van der Waals surface area contributed by atoms with E-state index < -0.39 is 0 Å². The second kappa shape index (κ2) is 9.71. The first kappa shape index (κ1) is 12.6. The van der Waals surface area contributed by atoms with E-state index in [0.717, 1.165) is 24.5 Å². The van der Waals surface area contributed by atoms with Crippen LogP contribution >= 0.6 is 21.6 Å². The van der Waals surface area contributed by atoms with Crippen LogP contribution in [-0.4, -0.2) is 29.4 Å². The van der Waals surface area contributed by atoms with Gasteiger partial charge in [-0.3, -0.25) is 5.32 Å². The number of unbranched alkanes of at least 4 members (excludes halogenated alkanes) is 1. The summed E-state index contributed by atoms with van der Waals surface area (Å²) in [6.45, 7) is 5.19. The maximum atomic E-state index is 9.36. The second-order valence-corrected chi connectivity index (χ2v) is 5.31. The first-order valence-corrected chi connectivity index (χ1v) is 6.95. The Morgan fingerprint density at radius 1 is 1.33 bits per heavy atom. The van der Waals surface area contributed by atoms with E-state index in [-0.39, 0.29) is 6.23 Å². The largest absolute Gasteiger partial charge is 0.378 e. The van der Waals surface area contributed by atoms with Gasteiger partial charge in [-0.25, -0.2) is 0 Å². The minimum absolute atomic E-state index is 0.333. The van der Waals surface area contributed by atoms with E-state index in [4.69, 9.17) is 0 Å². The minimum atomic E-state index is -0.333. The topological polar surface area (TPSA) is 32.3 Å². The van der Waals surface area contributed by atoms with Crippen molar-refractivity contribution >= 4 is 21.6 Å². The first-order chi connectivity index (χ1) is 5.81. The van der Waals surface area contributed by atoms with Crippen molar-refractivity contribution < 1.29 is 5.11 Å². The van der Waals surface area contributed by atoms with E-state index in [1.54, 1.807) is 21.6 Å². The van der Waals surface area contributed by atoms with Crippen molar-refractivity contribution in [2.24, 2.45) is 0 Å². The van der Waals surface area contributed by atoms with Gasteiger partial charge in [-0.05, 0) is 13.0 Å². The van der Waals surface area contributed by atoms with Gasteiger partial charge in [0, 0.05) is 11.5 Å². The quantitative estimate of drug-likeness (QED) is 0.364. The van der Waals surface area contributed by atoms with E-state index in [1.807, 2.05) is 0 Å². The Hall–Kier alpha value is 0.620. The number of aliphatic hydroxyl groups is 1. The summed E-state index contributed by atoms with van der Waals surface area (Å²) < 4.78 is 0. The summed E-state index contributed by atoms with van der Waals surface area (Å²) in [4.78, 5) is 0. The van der Waals surface area contributed by atoms with Crippen molar-refractivity contribution in [3.05, 3.63) is 0 Å². The number of rotatable bonds is 8. The maximum Gasteiger partial charge on any atom is 0.114 e. The van der Waals surface area contributed by atoms with Crippen LogP contribution in [0.3, 0.4) is 0 Å². The summed E-state index contributed by atoms with van der Waals surface area (Å²) in [7, 11) is 3.52. The fourth-order valence-corrected chi connectivity index (χ4v) is 2.39. The first-order valence-electron chi connectivity index (χ1n) is 4.47. The molecule has 0 bridgehead atoms. The van der Waals surface area contributed by atoms with Crippen LogP contribution in [0.4, 0.5) is 0 Å². The Morgan fingerprint density at radius 2 is 2.08 bits per heavy atom. The van der Waals surface area contributed by atoms with Crippen LogP contribution in [0.5, 0.6) is 0 Å². The van der Waals surface area contributed by atoms with Crippen molar-refractivity contribution in [3.63, 3.8) is 0 Å². The molecule has 0 aromatic carbocycles. The van der Waals surface area contributed by atoms with Gasteiger partial charge in [-0.2, -0.15) is 0 Å². The number of aliphatic hydroxyl groups excluding tert-OH is 1. The fraction of sp³-hybridized carbons (Fsp3) is 1.00. The molecule has 0 radical (unpaired) electrons. The molecule has 74 valence electrons. The molecule has 0 fully saturated rings. The Balaban J connectivity index is 3.04. The average Bonchev–Trinajstić information content (AvgIpc) is 2.06. The standard InChI is InChI=1S/C8H19NOS2/c1-3-5-6-9-8(10)7-12-11-4-2/h8-10H,3-7H2,1-2H3. The van der Waals surface area contributed by atoms with Crippen LogP contribution in [-0.2, 0) is 0 Å². The smallest absolute Gasteiger partial charge is 0.114 e. The zero-order valence-corrected chi connectivity index (χ0v) is 9.51. The van der Waals surface area contributed by atoms with Crippen molar-refractivity contribution in [1.29, 1.82) is 0 Å². The Kier molecular flexibility index (Phi) is 10.2. The van der Waals surface area contributed by atoms with Gasteiger partial charge in [-0.1, -0.05) is 41.9 Å². The summed E-state index contributed by atoms with van der Waals surface area (Å²) in [6, 6.07) is 0. The van der Waals surface area contributed by atoms with Gasteiger partial charge in [0.2, 0.25) is 0 Å². The van der Waals surface area contributed by atoms with E-state index in [1.165, 1.54) is 6.42 Å². The molecule has 0 aliphatic rings. The second-order valence-electron chi connectivity index (χ2n) is 2.51. The lowest BCUT2D eigenvalue weighted by Gasteiger charge is -2.10. The third kappa shape index (κ3) is 8.71. The molecule has 4 heteroatoms. The lowest BCUT2D eigenvalue weighted by atomic mass is 10.3. The van der Waals surface area contributed by atoms with Crippen molar-refractivity contribution in [3.8, 4) is 0 Å². The molecule has 0 heterocycles. The molecule has 0 saturated carbocycles. The van der Waals surface area contributed by atoms with Crippen LogP contribution in [0.15, 0.2) is 0 Å². The van der Waals surface area contributed by atoms with Gasteiger partial charge in [0.25, 0.3) is 0 Å². The summed E-state index contributed by atoms with van der Waals surface area (Å²) in [6.07, 6.45) is 1.99. The van der Waals surface area contributed by atoms with E-state index in [2.05, 4.69) is 19.2 Å². The third-order valence-electron chi connectivity index (χ3n) is 1.34. The molecule has 0 aromatic heterocycles. The van der Waals surface area contributed by atoms with E-state index >= 15 is 0 Å². The zero-order chi connectivity index (χ0) is 9.23. The summed E-state index contributed by atoms with van der Waals surface area (Å²) in [5.41, 5.74) is 0.